The van der Waals surface area contributed by atoms with Crippen molar-refractivity contribution in [2.45, 2.75) is 31.0 Å². The second-order valence-electron chi connectivity index (χ2n) is 7.41. The molecule has 5 nitrogen and oxygen atoms in total. The molecule has 1 atom stereocenters. The minimum atomic E-state index is -0.344. The first-order valence-corrected chi connectivity index (χ1v) is 9.41. The summed E-state index contributed by atoms with van der Waals surface area (Å²) in [5.74, 6) is 1.51. The number of hydrogen-bond acceptors (Lipinski definition) is 5. The van der Waals surface area contributed by atoms with Crippen LogP contribution in [0.25, 0.3) is 5.70 Å². The summed E-state index contributed by atoms with van der Waals surface area (Å²) in [5.41, 5.74) is 7.42. The van der Waals surface area contributed by atoms with Crippen molar-refractivity contribution in [1.82, 2.24) is 5.48 Å². The molecule has 5 heteroatoms. The van der Waals surface area contributed by atoms with Gasteiger partial charge in [0.25, 0.3) is 0 Å². The highest BCUT2D eigenvalue weighted by Gasteiger charge is 2.39. The van der Waals surface area contributed by atoms with E-state index in [-0.39, 0.29) is 11.7 Å². The highest BCUT2D eigenvalue weighted by atomic mass is 16.7. The van der Waals surface area contributed by atoms with Crippen LogP contribution in [0.1, 0.15) is 23.1 Å². The van der Waals surface area contributed by atoms with E-state index < -0.39 is 0 Å². The third-order valence-corrected chi connectivity index (χ3v) is 5.57. The molecule has 0 aromatic heterocycles. The van der Waals surface area contributed by atoms with Crippen LogP contribution in [-0.2, 0) is 22.4 Å². The van der Waals surface area contributed by atoms with Gasteiger partial charge in [-0.3, -0.25) is 10.3 Å². The lowest BCUT2D eigenvalue weighted by molar-refractivity contribution is -0.0373. The summed E-state index contributed by atoms with van der Waals surface area (Å²) in [6, 6.07) is 14.5. The minimum Gasteiger partial charge on any atom is -0.493 e. The molecule has 0 saturated carbocycles. The molecule has 27 heavy (non-hydrogen) atoms. The van der Waals surface area contributed by atoms with Crippen LogP contribution in [0.5, 0.6) is 11.5 Å². The Morgan fingerprint density at radius 3 is 2.59 bits per heavy atom. The molecular weight excluding hydrogens is 342 g/mol. The van der Waals surface area contributed by atoms with Gasteiger partial charge in [0.1, 0.15) is 11.7 Å². The summed E-state index contributed by atoms with van der Waals surface area (Å²) in [7, 11) is 1.67. The maximum Gasteiger partial charge on any atom is 0.162 e. The van der Waals surface area contributed by atoms with E-state index in [9.17, 15) is 0 Å². The van der Waals surface area contributed by atoms with Gasteiger partial charge in [0, 0.05) is 31.4 Å². The number of benzene rings is 2. The Hall–Kier alpha value is -2.50. The molecular formula is C22H23NO4. The Morgan fingerprint density at radius 1 is 1.07 bits per heavy atom. The summed E-state index contributed by atoms with van der Waals surface area (Å²) < 4.78 is 17.4. The van der Waals surface area contributed by atoms with Crippen LogP contribution < -0.4 is 15.0 Å². The van der Waals surface area contributed by atoms with Gasteiger partial charge in [-0.25, -0.2) is 0 Å². The Balaban J connectivity index is 1.39. The van der Waals surface area contributed by atoms with Gasteiger partial charge in [0.05, 0.1) is 19.4 Å². The normalized spacial score (nSPS) is 24.0. The molecule has 1 aliphatic carbocycles. The van der Waals surface area contributed by atoms with E-state index in [0.29, 0.717) is 6.61 Å². The van der Waals surface area contributed by atoms with E-state index in [1.165, 1.54) is 11.1 Å². The van der Waals surface area contributed by atoms with Crippen LogP contribution in [0.15, 0.2) is 48.5 Å². The fourth-order valence-electron chi connectivity index (χ4n) is 4.09. The molecule has 2 aromatic carbocycles. The van der Waals surface area contributed by atoms with Gasteiger partial charge in [-0.15, -0.1) is 0 Å². The number of ether oxygens (including phenoxy) is 3. The highest BCUT2D eigenvalue weighted by molar-refractivity contribution is 5.68. The second-order valence-corrected chi connectivity index (χ2v) is 7.41. The van der Waals surface area contributed by atoms with E-state index in [4.69, 9.17) is 19.0 Å². The Bertz CT molecular complexity index is 861. The average Bonchev–Trinajstić information content (AvgIpc) is 3.42. The molecule has 1 unspecified atom stereocenters. The molecule has 2 aromatic rings. The minimum absolute atomic E-state index is 0.128. The average molecular weight is 365 g/mol. The SMILES string of the molecule is COc1ccc(C2=CC3(CCOC3)ON2)cc1OC1Cc2ccccc2C1. The molecule has 1 spiro atoms. The number of hydroxylamine groups is 1. The van der Waals surface area contributed by atoms with Crippen molar-refractivity contribution in [2.75, 3.05) is 20.3 Å². The highest BCUT2D eigenvalue weighted by Crippen LogP contribution is 2.37. The third kappa shape index (κ3) is 3.07. The van der Waals surface area contributed by atoms with E-state index >= 15 is 0 Å². The van der Waals surface area contributed by atoms with E-state index in [1.807, 2.05) is 18.2 Å². The molecule has 1 N–H and O–H groups in total. The van der Waals surface area contributed by atoms with Crippen LogP contribution in [0, 0.1) is 0 Å². The van der Waals surface area contributed by atoms with Gasteiger partial charge in [-0.05, 0) is 35.4 Å². The summed E-state index contributed by atoms with van der Waals surface area (Å²) in [6.07, 6.45) is 4.96. The zero-order valence-electron chi connectivity index (χ0n) is 15.4. The van der Waals surface area contributed by atoms with Gasteiger partial charge in [-0.1, -0.05) is 24.3 Å². The predicted molar refractivity (Wildman–Crippen MR) is 102 cm³/mol. The molecule has 0 amide bonds. The van der Waals surface area contributed by atoms with Crippen molar-refractivity contribution >= 4 is 5.70 Å². The molecule has 2 aliphatic heterocycles. The summed E-state index contributed by atoms with van der Waals surface area (Å²) in [6.45, 7) is 1.31. The molecule has 1 fully saturated rings. The van der Waals surface area contributed by atoms with Crippen LogP contribution in [-0.4, -0.2) is 32.0 Å². The number of nitrogens with one attached hydrogen (secondary N) is 1. The molecule has 1 saturated heterocycles. The summed E-state index contributed by atoms with van der Waals surface area (Å²) >= 11 is 0. The standard InChI is InChI=1S/C22H23NO4/c1-24-20-7-6-17(19-13-22(27-23-19)8-9-25-14-22)12-21(20)26-18-10-15-4-2-3-5-16(15)11-18/h2-7,12-13,18,23H,8-11,14H2,1H3. The van der Waals surface area contributed by atoms with Crippen molar-refractivity contribution < 1.29 is 19.0 Å². The lowest BCUT2D eigenvalue weighted by Gasteiger charge is -2.17. The molecule has 0 bridgehead atoms. The smallest absolute Gasteiger partial charge is 0.162 e. The zero-order chi connectivity index (χ0) is 18.3. The van der Waals surface area contributed by atoms with Gasteiger partial charge in [0.2, 0.25) is 0 Å². The quantitative estimate of drug-likeness (QED) is 0.901. The largest absolute Gasteiger partial charge is 0.493 e. The summed E-state index contributed by atoms with van der Waals surface area (Å²) in [4.78, 5) is 5.80. The first-order chi connectivity index (χ1) is 13.2. The van der Waals surface area contributed by atoms with Gasteiger partial charge < -0.3 is 14.2 Å². The fourth-order valence-corrected chi connectivity index (χ4v) is 4.09. The van der Waals surface area contributed by atoms with Crippen molar-refractivity contribution in [3.63, 3.8) is 0 Å². The third-order valence-electron chi connectivity index (χ3n) is 5.57. The first kappa shape index (κ1) is 16.7. The predicted octanol–water partition coefficient (Wildman–Crippen LogP) is 3.28. The maximum absolute atomic E-state index is 6.35. The van der Waals surface area contributed by atoms with Gasteiger partial charge in [-0.2, -0.15) is 0 Å². The molecule has 5 rings (SSSR count). The summed E-state index contributed by atoms with van der Waals surface area (Å²) in [5, 5.41) is 0. The van der Waals surface area contributed by atoms with E-state index in [1.54, 1.807) is 7.11 Å². The van der Waals surface area contributed by atoms with Crippen LogP contribution >= 0.6 is 0 Å². The van der Waals surface area contributed by atoms with Crippen molar-refractivity contribution in [3.8, 4) is 11.5 Å². The topological polar surface area (TPSA) is 49.0 Å². The number of methoxy groups -OCH3 is 1. The first-order valence-electron chi connectivity index (χ1n) is 9.41. The van der Waals surface area contributed by atoms with E-state index in [0.717, 1.165) is 48.6 Å². The van der Waals surface area contributed by atoms with Crippen LogP contribution in [0.3, 0.4) is 0 Å². The lowest BCUT2D eigenvalue weighted by atomic mass is 10.0. The number of hydrogen-bond donors (Lipinski definition) is 1. The Labute approximate surface area is 158 Å². The zero-order valence-corrected chi connectivity index (χ0v) is 15.4. The van der Waals surface area contributed by atoms with Crippen molar-refractivity contribution in [1.29, 1.82) is 0 Å². The second kappa shape index (κ2) is 6.59. The Morgan fingerprint density at radius 2 is 1.89 bits per heavy atom. The molecule has 3 aliphatic rings. The van der Waals surface area contributed by atoms with Gasteiger partial charge in [0.15, 0.2) is 11.5 Å². The molecule has 0 radical (unpaired) electrons. The van der Waals surface area contributed by atoms with Crippen LogP contribution in [0.4, 0.5) is 0 Å². The molecule has 140 valence electrons. The van der Waals surface area contributed by atoms with Gasteiger partial charge >= 0.3 is 0 Å². The van der Waals surface area contributed by atoms with Crippen molar-refractivity contribution in [3.05, 3.63) is 65.2 Å². The lowest BCUT2D eigenvalue weighted by Crippen LogP contribution is -2.29. The van der Waals surface area contributed by atoms with Crippen molar-refractivity contribution in [2.24, 2.45) is 0 Å². The number of rotatable bonds is 4. The molecule has 2 heterocycles. The Kier molecular flexibility index (Phi) is 4.06. The maximum atomic E-state index is 6.35. The number of fused-ring (bicyclic) bond motifs is 1. The van der Waals surface area contributed by atoms with Crippen LogP contribution in [0.2, 0.25) is 0 Å². The monoisotopic (exact) mass is 365 g/mol. The fraction of sp³-hybridized carbons (Fsp3) is 0.364. The van der Waals surface area contributed by atoms with E-state index in [2.05, 4.69) is 35.8 Å².